The summed E-state index contributed by atoms with van der Waals surface area (Å²) in [6.45, 7) is 0.344. The number of Topliss-reactive ketones (excluding diaryl/α,β-unsaturated/α-hetero) is 1. The molecule has 162 valence electrons. The van der Waals surface area contributed by atoms with Crippen molar-refractivity contribution in [1.29, 1.82) is 0 Å². The number of carbonyl (C=O) groups excluding carboxylic acids is 1. The number of carbonyl (C=O) groups is 2. The first-order chi connectivity index (χ1) is 15.4. The number of ether oxygens (including phenoxy) is 1. The van der Waals surface area contributed by atoms with Crippen LogP contribution in [0.1, 0.15) is 33.8 Å². The van der Waals surface area contributed by atoms with Crippen molar-refractivity contribution in [2.24, 2.45) is 0 Å². The monoisotopic (exact) mass is 435 g/mol. The average Bonchev–Trinajstić information content (AvgIpc) is 3.19. The SMILES string of the molecule is O=C(CC(C(=O)O)c1c[nH]c2ccc(OCc3ccccc3)cc12)c1ccc(F)cc1F. The van der Waals surface area contributed by atoms with Gasteiger partial charge in [-0.25, -0.2) is 8.78 Å². The van der Waals surface area contributed by atoms with Gasteiger partial charge in [-0.15, -0.1) is 0 Å². The van der Waals surface area contributed by atoms with Crippen LogP contribution in [0, 0.1) is 11.6 Å². The zero-order chi connectivity index (χ0) is 22.7. The summed E-state index contributed by atoms with van der Waals surface area (Å²) >= 11 is 0. The van der Waals surface area contributed by atoms with Crippen molar-refractivity contribution < 1.29 is 28.2 Å². The fourth-order valence-corrected chi connectivity index (χ4v) is 3.58. The molecule has 4 rings (SSSR count). The number of carboxylic acids is 1. The van der Waals surface area contributed by atoms with E-state index in [4.69, 9.17) is 4.74 Å². The molecule has 0 aliphatic heterocycles. The number of carboxylic acid groups (broad SMARTS) is 1. The maximum absolute atomic E-state index is 14.0. The van der Waals surface area contributed by atoms with Crippen LogP contribution in [0.15, 0.2) is 72.9 Å². The van der Waals surface area contributed by atoms with Crippen molar-refractivity contribution in [2.45, 2.75) is 18.9 Å². The van der Waals surface area contributed by atoms with E-state index in [-0.39, 0.29) is 5.56 Å². The van der Waals surface area contributed by atoms with Crippen LogP contribution in [0.4, 0.5) is 8.78 Å². The van der Waals surface area contributed by atoms with Crippen LogP contribution in [0.3, 0.4) is 0 Å². The van der Waals surface area contributed by atoms with E-state index in [2.05, 4.69) is 4.98 Å². The second-order valence-corrected chi connectivity index (χ2v) is 7.37. The lowest BCUT2D eigenvalue weighted by Crippen LogP contribution is -2.17. The number of fused-ring (bicyclic) bond motifs is 1. The van der Waals surface area contributed by atoms with E-state index in [9.17, 15) is 23.5 Å². The molecule has 0 bridgehead atoms. The number of aliphatic carboxylic acids is 1. The summed E-state index contributed by atoms with van der Waals surface area (Å²) in [5, 5.41) is 10.4. The summed E-state index contributed by atoms with van der Waals surface area (Å²) in [6.07, 6.45) is 1.05. The molecule has 7 heteroatoms. The van der Waals surface area contributed by atoms with Gasteiger partial charge < -0.3 is 14.8 Å². The van der Waals surface area contributed by atoms with Gasteiger partial charge in [0.2, 0.25) is 0 Å². The summed E-state index contributed by atoms with van der Waals surface area (Å²) in [5.74, 6) is -4.45. The van der Waals surface area contributed by atoms with E-state index < -0.39 is 35.7 Å². The minimum absolute atomic E-state index is 0.343. The highest BCUT2D eigenvalue weighted by Gasteiger charge is 2.28. The largest absolute Gasteiger partial charge is 0.489 e. The van der Waals surface area contributed by atoms with Crippen LogP contribution in [0.5, 0.6) is 5.75 Å². The van der Waals surface area contributed by atoms with E-state index in [0.29, 0.717) is 34.9 Å². The Kier molecular flexibility index (Phi) is 5.98. The molecule has 0 aliphatic rings. The Balaban J connectivity index is 1.60. The van der Waals surface area contributed by atoms with Gasteiger partial charge in [0.15, 0.2) is 5.78 Å². The molecule has 5 nitrogen and oxygen atoms in total. The number of benzene rings is 3. The number of ketones is 1. The quantitative estimate of drug-likeness (QED) is 0.360. The van der Waals surface area contributed by atoms with Gasteiger partial charge in [0, 0.05) is 29.6 Å². The molecule has 4 aromatic rings. The Labute approximate surface area is 182 Å². The summed E-state index contributed by atoms with van der Waals surface area (Å²) < 4.78 is 33.0. The fourth-order valence-electron chi connectivity index (χ4n) is 3.58. The molecule has 0 fully saturated rings. The number of hydrogen-bond acceptors (Lipinski definition) is 3. The Hall–Kier alpha value is -4.00. The molecule has 1 unspecified atom stereocenters. The third-order valence-electron chi connectivity index (χ3n) is 5.23. The number of aromatic amines is 1. The number of rotatable bonds is 8. The lowest BCUT2D eigenvalue weighted by Gasteiger charge is -2.12. The second-order valence-electron chi connectivity index (χ2n) is 7.37. The van der Waals surface area contributed by atoms with Gasteiger partial charge in [0.1, 0.15) is 24.0 Å². The van der Waals surface area contributed by atoms with Gasteiger partial charge in [0.25, 0.3) is 0 Å². The average molecular weight is 435 g/mol. The molecule has 3 aromatic carbocycles. The maximum atomic E-state index is 14.0. The minimum atomic E-state index is -1.22. The smallest absolute Gasteiger partial charge is 0.311 e. The van der Waals surface area contributed by atoms with E-state index >= 15 is 0 Å². The third kappa shape index (κ3) is 4.51. The molecular weight excluding hydrogens is 416 g/mol. The zero-order valence-corrected chi connectivity index (χ0v) is 16.8. The molecule has 2 N–H and O–H groups in total. The van der Waals surface area contributed by atoms with Gasteiger partial charge >= 0.3 is 5.97 Å². The Morgan fingerprint density at radius 3 is 2.50 bits per heavy atom. The number of halogens is 2. The van der Waals surface area contributed by atoms with E-state index in [1.54, 1.807) is 18.2 Å². The predicted octanol–water partition coefficient (Wildman–Crippen LogP) is 5.47. The molecule has 1 heterocycles. The van der Waals surface area contributed by atoms with Gasteiger partial charge in [0.05, 0.1) is 11.5 Å². The highest BCUT2D eigenvalue weighted by atomic mass is 19.1. The molecular formula is C25H19F2NO4. The summed E-state index contributed by atoms with van der Waals surface area (Å²) in [6, 6.07) is 17.4. The van der Waals surface area contributed by atoms with Crippen LogP contribution in [0.25, 0.3) is 10.9 Å². The Morgan fingerprint density at radius 1 is 1.00 bits per heavy atom. The maximum Gasteiger partial charge on any atom is 0.311 e. The highest BCUT2D eigenvalue weighted by molar-refractivity contribution is 6.00. The van der Waals surface area contributed by atoms with Gasteiger partial charge in [-0.05, 0) is 41.5 Å². The van der Waals surface area contributed by atoms with Crippen LogP contribution in [-0.4, -0.2) is 21.8 Å². The lowest BCUT2D eigenvalue weighted by atomic mass is 9.91. The number of aromatic nitrogens is 1. The van der Waals surface area contributed by atoms with E-state index in [0.717, 1.165) is 17.7 Å². The summed E-state index contributed by atoms with van der Waals surface area (Å²) in [7, 11) is 0. The topological polar surface area (TPSA) is 79.4 Å². The molecule has 1 aromatic heterocycles. The van der Waals surface area contributed by atoms with Gasteiger partial charge in [-0.1, -0.05) is 30.3 Å². The normalized spacial score (nSPS) is 11.9. The molecule has 0 saturated heterocycles. The van der Waals surface area contributed by atoms with Crippen molar-refractivity contribution in [3.63, 3.8) is 0 Å². The predicted molar refractivity (Wildman–Crippen MR) is 115 cm³/mol. The Bertz CT molecular complexity index is 1280. The van der Waals surface area contributed by atoms with Crippen LogP contribution in [0.2, 0.25) is 0 Å². The fraction of sp³-hybridized carbons (Fsp3) is 0.120. The van der Waals surface area contributed by atoms with E-state index in [1.165, 1.54) is 6.20 Å². The zero-order valence-electron chi connectivity index (χ0n) is 16.8. The third-order valence-corrected chi connectivity index (χ3v) is 5.23. The van der Waals surface area contributed by atoms with Crippen LogP contribution < -0.4 is 4.74 Å². The minimum Gasteiger partial charge on any atom is -0.489 e. The molecule has 32 heavy (non-hydrogen) atoms. The Morgan fingerprint density at radius 2 is 1.78 bits per heavy atom. The van der Waals surface area contributed by atoms with Crippen molar-refractivity contribution in [1.82, 2.24) is 4.98 Å². The lowest BCUT2D eigenvalue weighted by molar-refractivity contribution is -0.138. The van der Waals surface area contributed by atoms with Crippen molar-refractivity contribution >= 4 is 22.7 Å². The van der Waals surface area contributed by atoms with Gasteiger partial charge in [-0.2, -0.15) is 0 Å². The van der Waals surface area contributed by atoms with Crippen LogP contribution in [-0.2, 0) is 11.4 Å². The number of nitrogens with one attached hydrogen (secondary N) is 1. The standard InChI is InChI=1S/C25H19F2NO4/c26-16-6-8-18(22(27)10-16)24(29)12-20(25(30)31)21-13-28-23-9-7-17(11-19(21)23)32-14-15-4-2-1-3-5-15/h1-11,13,20,28H,12,14H2,(H,30,31). The summed E-state index contributed by atoms with van der Waals surface area (Å²) in [5.41, 5.74) is 1.70. The molecule has 1 atom stereocenters. The van der Waals surface area contributed by atoms with Crippen molar-refractivity contribution in [3.05, 3.63) is 101 Å². The first-order valence-electron chi connectivity index (χ1n) is 9.91. The first kappa shape index (κ1) is 21.2. The molecule has 0 radical (unpaired) electrons. The molecule has 0 saturated carbocycles. The highest BCUT2D eigenvalue weighted by Crippen LogP contribution is 2.32. The summed E-state index contributed by atoms with van der Waals surface area (Å²) in [4.78, 5) is 27.6. The van der Waals surface area contributed by atoms with Crippen LogP contribution >= 0.6 is 0 Å². The molecule has 0 aliphatic carbocycles. The van der Waals surface area contributed by atoms with Crippen molar-refractivity contribution in [3.8, 4) is 5.75 Å². The van der Waals surface area contributed by atoms with Crippen molar-refractivity contribution in [2.75, 3.05) is 0 Å². The first-order valence-corrected chi connectivity index (χ1v) is 9.91. The number of hydrogen-bond donors (Lipinski definition) is 2. The van der Waals surface area contributed by atoms with Gasteiger partial charge in [-0.3, -0.25) is 9.59 Å². The molecule has 0 amide bonds. The second kappa shape index (κ2) is 9.01. The van der Waals surface area contributed by atoms with E-state index in [1.807, 2.05) is 30.3 Å². The molecule has 0 spiro atoms. The number of H-pyrrole nitrogens is 1.